The molecule has 2 atom stereocenters. The summed E-state index contributed by atoms with van der Waals surface area (Å²) in [7, 11) is 0. The average Bonchev–Trinajstić information content (AvgIpc) is 3.52. The summed E-state index contributed by atoms with van der Waals surface area (Å²) in [6, 6.07) is 21.9. The monoisotopic (exact) mass is 509 g/mol. The number of ether oxygens (including phenoxy) is 1. The van der Waals surface area contributed by atoms with Crippen molar-refractivity contribution in [3.05, 3.63) is 95.2 Å². The fourth-order valence-electron chi connectivity index (χ4n) is 5.30. The third-order valence-corrected chi connectivity index (χ3v) is 7.26. The number of nitrogens with zero attached hydrogens (tertiary/aromatic N) is 2. The number of aryl methyl sites for hydroxylation is 2. The Morgan fingerprint density at radius 1 is 1.03 bits per heavy atom. The summed E-state index contributed by atoms with van der Waals surface area (Å²) in [4.78, 5) is 28.6. The summed E-state index contributed by atoms with van der Waals surface area (Å²) in [5.41, 5.74) is 3.57. The molecule has 1 aromatic heterocycles. The van der Waals surface area contributed by atoms with Crippen LogP contribution in [0.4, 0.5) is 0 Å². The zero-order valence-electron chi connectivity index (χ0n) is 20.9. The summed E-state index contributed by atoms with van der Waals surface area (Å²) in [6.07, 6.45) is 0.780. The minimum Gasteiger partial charge on any atom is -0.504 e. The first-order chi connectivity index (χ1) is 18.5. The molecule has 3 heterocycles. The van der Waals surface area contributed by atoms with Crippen molar-refractivity contribution in [1.82, 2.24) is 15.4 Å². The van der Waals surface area contributed by atoms with Gasteiger partial charge in [0.15, 0.2) is 11.5 Å². The van der Waals surface area contributed by atoms with Crippen LogP contribution in [-0.4, -0.2) is 46.1 Å². The van der Waals surface area contributed by atoms with Gasteiger partial charge in [-0.25, -0.2) is 0 Å². The lowest BCUT2D eigenvalue weighted by molar-refractivity contribution is -0.121. The first kappa shape index (κ1) is 23.8. The number of hydrogen-bond acceptors (Lipinski definition) is 6. The van der Waals surface area contributed by atoms with Crippen LogP contribution in [0.25, 0.3) is 11.3 Å². The van der Waals surface area contributed by atoms with Gasteiger partial charge in [-0.05, 0) is 48.7 Å². The summed E-state index contributed by atoms with van der Waals surface area (Å²) in [5.74, 6) is 0.984. The van der Waals surface area contributed by atoms with E-state index in [0.29, 0.717) is 48.0 Å². The van der Waals surface area contributed by atoms with E-state index < -0.39 is 0 Å². The molecule has 38 heavy (non-hydrogen) atoms. The molecule has 1 saturated heterocycles. The van der Waals surface area contributed by atoms with Gasteiger partial charge < -0.3 is 24.6 Å². The topological polar surface area (TPSA) is 105 Å². The van der Waals surface area contributed by atoms with Gasteiger partial charge in [-0.15, -0.1) is 0 Å². The van der Waals surface area contributed by atoms with Gasteiger partial charge in [0.25, 0.3) is 5.91 Å². The Balaban J connectivity index is 1.34. The van der Waals surface area contributed by atoms with Gasteiger partial charge in [0, 0.05) is 31.0 Å². The number of aromatic hydroxyl groups is 1. The normalized spacial score (nSPS) is 18.9. The molecular weight excluding hydrogens is 482 g/mol. The SMILES string of the molecule is Cc1onc(-c2ccccc2)c1C(=O)N1C[C@H]2NC(=O)CCc3ccc(O)c(c3)Oc3cccc(c3)[C@@H]2C1. The van der Waals surface area contributed by atoms with Gasteiger partial charge in [0.05, 0.1) is 6.04 Å². The first-order valence-corrected chi connectivity index (χ1v) is 12.7. The molecule has 2 N–H and O–H groups in total. The zero-order valence-corrected chi connectivity index (χ0v) is 20.9. The number of carbonyl (C=O) groups excluding carboxylic acids is 2. The third-order valence-electron chi connectivity index (χ3n) is 7.26. The fourth-order valence-corrected chi connectivity index (χ4v) is 5.30. The van der Waals surface area contributed by atoms with E-state index in [1.165, 1.54) is 0 Å². The van der Waals surface area contributed by atoms with E-state index in [1.807, 2.05) is 54.6 Å². The number of benzene rings is 3. The molecule has 4 bridgehead atoms. The summed E-state index contributed by atoms with van der Waals surface area (Å²) in [5, 5.41) is 17.7. The van der Waals surface area contributed by atoms with Crippen molar-refractivity contribution in [1.29, 1.82) is 0 Å². The maximum Gasteiger partial charge on any atom is 0.259 e. The second-order valence-corrected chi connectivity index (χ2v) is 9.80. The van der Waals surface area contributed by atoms with Gasteiger partial charge >= 0.3 is 0 Å². The number of aromatic nitrogens is 1. The van der Waals surface area contributed by atoms with Crippen molar-refractivity contribution >= 4 is 11.8 Å². The fraction of sp³-hybridized carbons (Fsp3) is 0.233. The molecule has 3 aromatic carbocycles. The molecule has 0 saturated carbocycles. The standard InChI is InChI=1S/C30H27N3O5/c1-18-28(29(32-38-18)20-6-3-2-4-7-20)30(36)33-16-23-21-8-5-9-22(15-21)37-26-14-19(10-12-25(26)34)11-13-27(35)31-24(23)17-33/h2-10,12,14-15,23-24,34H,11,13,16-17H2,1H3,(H,31,35)/t23-,24+/m0/s1. The largest absolute Gasteiger partial charge is 0.504 e. The molecular formula is C30H27N3O5. The van der Waals surface area contributed by atoms with Gasteiger partial charge in [-0.1, -0.05) is 53.7 Å². The maximum absolute atomic E-state index is 13.8. The number of phenols is 1. The molecule has 0 radical (unpaired) electrons. The van der Waals surface area contributed by atoms with Crippen molar-refractivity contribution in [2.75, 3.05) is 13.1 Å². The highest BCUT2D eigenvalue weighted by Crippen LogP contribution is 2.36. The lowest BCUT2D eigenvalue weighted by atomic mass is 9.94. The number of phenolic OH excluding ortho intramolecular Hbond substituents is 1. The quantitative estimate of drug-likeness (QED) is 0.402. The highest BCUT2D eigenvalue weighted by atomic mass is 16.5. The summed E-state index contributed by atoms with van der Waals surface area (Å²) in [6.45, 7) is 2.50. The number of amides is 2. The number of hydrogen-bond donors (Lipinski definition) is 2. The molecule has 8 heteroatoms. The van der Waals surface area contributed by atoms with Crippen LogP contribution in [0.3, 0.4) is 0 Å². The molecule has 2 aliphatic rings. The van der Waals surface area contributed by atoms with E-state index >= 15 is 0 Å². The van der Waals surface area contributed by atoms with Crippen molar-refractivity contribution in [3.63, 3.8) is 0 Å². The number of likely N-dealkylation sites (tertiary alicyclic amines) is 1. The summed E-state index contributed by atoms with van der Waals surface area (Å²) < 4.78 is 11.5. The second-order valence-electron chi connectivity index (χ2n) is 9.80. The van der Waals surface area contributed by atoms with Gasteiger partial charge in [-0.3, -0.25) is 9.59 Å². The Labute approximate surface area is 219 Å². The Morgan fingerprint density at radius 2 is 1.87 bits per heavy atom. The Bertz CT molecular complexity index is 1510. The highest BCUT2D eigenvalue weighted by molar-refractivity contribution is 6.01. The van der Waals surface area contributed by atoms with E-state index in [1.54, 1.807) is 30.0 Å². The van der Waals surface area contributed by atoms with Crippen LogP contribution in [0.5, 0.6) is 17.2 Å². The molecule has 2 amide bonds. The van der Waals surface area contributed by atoms with Gasteiger partial charge in [0.1, 0.15) is 22.8 Å². The molecule has 0 aliphatic carbocycles. The minimum absolute atomic E-state index is 0.0345. The van der Waals surface area contributed by atoms with Crippen molar-refractivity contribution < 1.29 is 24.0 Å². The van der Waals surface area contributed by atoms with Crippen LogP contribution in [0.15, 0.2) is 77.3 Å². The average molecular weight is 510 g/mol. The van der Waals surface area contributed by atoms with Crippen molar-refractivity contribution in [3.8, 4) is 28.5 Å². The van der Waals surface area contributed by atoms with Crippen LogP contribution in [0.1, 0.15) is 39.6 Å². The van der Waals surface area contributed by atoms with E-state index in [9.17, 15) is 14.7 Å². The van der Waals surface area contributed by atoms with E-state index in [2.05, 4.69) is 10.5 Å². The van der Waals surface area contributed by atoms with E-state index in [-0.39, 0.29) is 35.9 Å². The lowest BCUT2D eigenvalue weighted by Crippen LogP contribution is -2.40. The van der Waals surface area contributed by atoms with Gasteiger partial charge in [0.2, 0.25) is 5.91 Å². The first-order valence-electron chi connectivity index (χ1n) is 12.7. The van der Waals surface area contributed by atoms with E-state index in [0.717, 1.165) is 16.7 Å². The molecule has 8 nitrogen and oxygen atoms in total. The van der Waals surface area contributed by atoms with Crippen molar-refractivity contribution in [2.24, 2.45) is 0 Å². The number of fused-ring (bicyclic) bond motifs is 6. The smallest absolute Gasteiger partial charge is 0.259 e. The maximum atomic E-state index is 13.8. The predicted molar refractivity (Wildman–Crippen MR) is 140 cm³/mol. The molecule has 1 fully saturated rings. The Kier molecular flexibility index (Phi) is 6.07. The molecule has 192 valence electrons. The molecule has 0 spiro atoms. The third kappa shape index (κ3) is 4.49. The number of carbonyl (C=O) groups is 2. The Hall–Kier alpha value is -4.59. The molecule has 0 unspecified atom stereocenters. The second kappa shape index (κ2) is 9.70. The molecule has 2 aliphatic heterocycles. The Morgan fingerprint density at radius 3 is 2.71 bits per heavy atom. The highest BCUT2D eigenvalue weighted by Gasteiger charge is 2.39. The lowest BCUT2D eigenvalue weighted by Gasteiger charge is -2.20. The van der Waals surface area contributed by atoms with Crippen LogP contribution in [0, 0.1) is 6.92 Å². The van der Waals surface area contributed by atoms with E-state index in [4.69, 9.17) is 9.26 Å². The molecule has 4 aromatic rings. The predicted octanol–water partition coefficient (Wildman–Crippen LogP) is 4.82. The number of rotatable bonds is 2. The van der Waals surface area contributed by atoms with Crippen LogP contribution >= 0.6 is 0 Å². The zero-order chi connectivity index (χ0) is 26.2. The molecule has 6 rings (SSSR count). The minimum atomic E-state index is -0.278. The summed E-state index contributed by atoms with van der Waals surface area (Å²) >= 11 is 0. The van der Waals surface area contributed by atoms with Gasteiger partial charge in [-0.2, -0.15) is 0 Å². The van der Waals surface area contributed by atoms with Crippen LogP contribution < -0.4 is 10.1 Å². The van der Waals surface area contributed by atoms with Crippen molar-refractivity contribution in [2.45, 2.75) is 31.7 Å². The van der Waals surface area contributed by atoms with Crippen LogP contribution in [-0.2, 0) is 11.2 Å². The number of nitrogens with one attached hydrogen (secondary N) is 1. The van der Waals surface area contributed by atoms with Crippen LogP contribution in [0.2, 0.25) is 0 Å².